The molecule has 4 nitrogen and oxygen atoms in total. The van der Waals surface area contributed by atoms with Gasteiger partial charge in [-0.2, -0.15) is 0 Å². The van der Waals surface area contributed by atoms with Gasteiger partial charge in [0.1, 0.15) is 10.8 Å². The maximum Gasteiger partial charge on any atom is 0.234 e. The minimum Gasteiger partial charge on any atom is -0.497 e. The Morgan fingerprint density at radius 1 is 1.19 bits per heavy atom. The molecule has 0 fully saturated rings. The second kappa shape index (κ2) is 8.23. The minimum absolute atomic E-state index is 0.0250. The first-order valence-corrected chi connectivity index (χ1v) is 9.55. The van der Waals surface area contributed by atoms with Gasteiger partial charge in [0.15, 0.2) is 0 Å². The van der Waals surface area contributed by atoms with Crippen LogP contribution in [0.3, 0.4) is 0 Å². The standard InChI is InChI=1S/C21H22N2O2S/c1-4-15-11-16-12-17(25-3)9-10-19(16)23-21(15)26-13-20(24)22-18-8-6-5-7-14(18)2/h5-12H,4,13H2,1-3H3,(H,22,24). The number of amides is 1. The van der Waals surface area contributed by atoms with Crippen LogP contribution in [0.1, 0.15) is 18.1 Å². The SMILES string of the molecule is CCc1cc2cc(OC)ccc2nc1SCC(=O)Nc1ccccc1C. The van der Waals surface area contributed by atoms with Gasteiger partial charge in [0.2, 0.25) is 5.91 Å². The fraction of sp³-hybridized carbons (Fsp3) is 0.238. The molecule has 2 aromatic carbocycles. The van der Waals surface area contributed by atoms with Gasteiger partial charge in [-0.05, 0) is 54.8 Å². The third-order valence-electron chi connectivity index (χ3n) is 4.20. The number of pyridine rings is 1. The number of nitrogens with zero attached hydrogens (tertiary/aromatic N) is 1. The molecule has 3 aromatic rings. The first-order chi connectivity index (χ1) is 12.6. The average molecular weight is 366 g/mol. The van der Waals surface area contributed by atoms with Crippen LogP contribution in [0.5, 0.6) is 5.75 Å². The zero-order valence-electron chi connectivity index (χ0n) is 15.2. The predicted molar refractivity (Wildman–Crippen MR) is 108 cm³/mol. The van der Waals surface area contributed by atoms with Crippen LogP contribution < -0.4 is 10.1 Å². The van der Waals surface area contributed by atoms with Gasteiger partial charge in [0.05, 0.1) is 18.4 Å². The van der Waals surface area contributed by atoms with E-state index in [0.717, 1.165) is 44.9 Å². The lowest BCUT2D eigenvalue weighted by Gasteiger charge is -2.11. The highest BCUT2D eigenvalue weighted by atomic mass is 32.2. The van der Waals surface area contributed by atoms with Crippen LogP contribution in [0.15, 0.2) is 53.6 Å². The fourth-order valence-corrected chi connectivity index (χ4v) is 3.61. The second-order valence-corrected chi connectivity index (χ2v) is 6.98. The molecular formula is C21H22N2O2S. The smallest absolute Gasteiger partial charge is 0.234 e. The number of carbonyl (C=O) groups is 1. The van der Waals surface area contributed by atoms with Crippen molar-refractivity contribution in [2.45, 2.75) is 25.3 Å². The quantitative estimate of drug-likeness (QED) is 0.634. The molecule has 3 rings (SSSR count). The molecule has 0 unspecified atom stereocenters. The van der Waals surface area contributed by atoms with E-state index < -0.39 is 0 Å². The van der Waals surface area contributed by atoms with Gasteiger partial charge < -0.3 is 10.1 Å². The maximum absolute atomic E-state index is 12.3. The molecule has 26 heavy (non-hydrogen) atoms. The maximum atomic E-state index is 12.3. The summed E-state index contributed by atoms with van der Waals surface area (Å²) >= 11 is 1.48. The van der Waals surface area contributed by atoms with E-state index in [1.54, 1.807) is 7.11 Å². The summed E-state index contributed by atoms with van der Waals surface area (Å²) in [5.41, 5.74) is 3.95. The lowest BCUT2D eigenvalue weighted by molar-refractivity contribution is -0.113. The van der Waals surface area contributed by atoms with E-state index in [4.69, 9.17) is 9.72 Å². The number of benzene rings is 2. The lowest BCUT2D eigenvalue weighted by Crippen LogP contribution is -2.15. The summed E-state index contributed by atoms with van der Waals surface area (Å²) in [5.74, 6) is 1.12. The topological polar surface area (TPSA) is 51.2 Å². The van der Waals surface area contributed by atoms with Crippen molar-refractivity contribution < 1.29 is 9.53 Å². The number of fused-ring (bicyclic) bond motifs is 1. The number of rotatable bonds is 6. The van der Waals surface area contributed by atoms with Gasteiger partial charge in [-0.25, -0.2) is 4.98 Å². The lowest BCUT2D eigenvalue weighted by atomic mass is 10.1. The summed E-state index contributed by atoms with van der Waals surface area (Å²) in [5, 5.41) is 4.92. The first kappa shape index (κ1) is 18.3. The number of aryl methyl sites for hydroxylation is 2. The van der Waals surface area contributed by atoms with Gasteiger partial charge in [0.25, 0.3) is 0 Å². The number of carbonyl (C=O) groups excluding carboxylic acids is 1. The van der Waals surface area contributed by atoms with Crippen LogP contribution in [0.4, 0.5) is 5.69 Å². The van der Waals surface area contributed by atoms with Crippen molar-refractivity contribution in [2.24, 2.45) is 0 Å². The number of ether oxygens (including phenoxy) is 1. The monoisotopic (exact) mass is 366 g/mol. The molecule has 0 spiro atoms. The number of nitrogens with one attached hydrogen (secondary N) is 1. The Bertz CT molecular complexity index is 940. The summed E-state index contributed by atoms with van der Waals surface area (Å²) in [6.45, 7) is 4.08. The Labute approximate surface area is 158 Å². The van der Waals surface area contributed by atoms with E-state index in [2.05, 4.69) is 18.3 Å². The molecule has 0 aliphatic rings. The number of thioether (sulfide) groups is 1. The molecule has 0 bridgehead atoms. The van der Waals surface area contributed by atoms with Crippen molar-refractivity contribution >= 4 is 34.3 Å². The van der Waals surface area contributed by atoms with E-state index in [1.807, 2.05) is 49.4 Å². The average Bonchev–Trinajstić information content (AvgIpc) is 2.67. The van der Waals surface area contributed by atoms with Crippen molar-refractivity contribution in [1.82, 2.24) is 4.98 Å². The zero-order valence-corrected chi connectivity index (χ0v) is 16.0. The molecule has 0 radical (unpaired) electrons. The van der Waals surface area contributed by atoms with Crippen molar-refractivity contribution in [1.29, 1.82) is 0 Å². The number of para-hydroxylation sites is 1. The van der Waals surface area contributed by atoms with Crippen LogP contribution in [0.2, 0.25) is 0 Å². The van der Waals surface area contributed by atoms with Gasteiger partial charge in [-0.15, -0.1) is 0 Å². The normalized spacial score (nSPS) is 10.7. The van der Waals surface area contributed by atoms with Crippen LogP contribution >= 0.6 is 11.8 Å². The minimum atomic E-state index is -0.0250. The molecule has 1 heterocycles. The zero-order chi connectivity index (χ0) is 18.5. The third kappa shape index (κ3) is 4.17. The van der Waals surface area contributed by atoms with Gasteiger partial charge in [-0.3, -0.25) is 4.79 Å². The molecule has 1 aromatic heterocycles. The summed E-state index contributed by atoms with van der Waals surface area (Å²) in [4.78, 5) is 17.1. The number of anilines is 1. The molecule has 1 amide bonds. The first-order valence-electron chi connectivity index (χ1n) is 8.56. The van der Waals surface area contributed by atoms with Crippen LogP contribution in [-0.4, -0.2) is 23.8 Å². The molecule has 0 atom stereocenters. The number of aromatic nitrogens is 1. The largest absolute Gasteiger partial charge is 0.497 e. The van der Waals surface area contributed by atoms with Gasteiger partial charge >= 0.3 is 0 Å². The third-order valence-corrected chi connectivity index (χ3v) is 5.23. The Kier molecular flexibility index (Phi) is 5.78. The van der Waals surface area contributed by atoms with E-state index in [1.165, 1.54) is 11.8 Å². The summed E-state index contributed by atoms with van der Waals surface area (Å²) in [7, 11) is 1.66. The molecule has 0 aliphatic heterocycles. The summed E-state index contributed by atoms with van der Waals surface area (Å²) in [6, 6.07) is 15.7. The fourth-order valence-electron chi connectivity index (χ4n) is 2.72. The second-order valence-electron chi connectivity index (χ2n) is 6.02. The van der Waals surface area contributed by atoms with E-state index in [9.17, 15) is 4.79 Å². The summed E-state index contributed by atoms with van der Waals surface area (Å²) in [6.07, 6.45) is 0.863. The van der Waals surface area contributed by atoms with Crippen LogP contribution in [-0.2, 0) is 11.2 Å². The van der Waals surface area contributed by atoms with E-state index in [-0.39, 0.29) is 5.91 Å². The van der Waals surface area contributed by atoms with Crippen LogP contribution in [0, 0.1) is 6.92 Å². The van der Waals surface area contributed by atoms with E-state index in [0.29, 0.717) is 5.75 Å². The number of methoxy groups -OCH3 is 1. The van der Waals surface area contributed by atoms with Gasteiger partial charge in [-0.1, -0.05) is 36.9 Å². The van der Waals surface area contributed by atoms with Crippen LogP contribution in [0.25, 0.3) is 10.9 Å². The highest BCUT2D eigenvalue weighted by Crippen LogP contribution is 2.28. The molecular weight excluding hydrogens is 344 g/mol. The Balaban J connectivity index is 1.75. The Morgan fingerprint density at radius 2 is 2.00 bits per heavy atom. The Hall–Kier alpha value is -2.53. The van der Waals surface area contributed by atoms with Crippen molar-refractivity contribution in [3.8, 4) is 5.75 Å². The molecule has 0 saturated carbocycles. The Morgan fingerprint density at radius 3 is 2.73 bits per heavy atom. The highest BCUT2D eigenvalue weighted by molar-refractivity contribution is 8.00. The van der Waals surface area contributed by atoms with Crippen molar-refractivity contribution in [3.05, 3.63) is 59.7 Å². The number of hydrogen-bond acceptors (Lipinski definition) is 4. The predicted octanol–water partition coefficient (Wildman–Crippen LogP) is 4.85. The van der Waals surface area contributed by atoms with Gasteiger partial charge in [0, 0.05) is 11.1 Å². The molecule has 5 heteroatoms. The molecule has 0 saturated heterocycles. The highest BCUT2D eigenvalue weighted by Gasteiger charge is 2.11. The van der Waals surface area contributed by atoms with Crippen molar-refractivity contribution in [3.63, 3.8) is 0 Å². The molecule has 0 aliphatic carbocycles. The molecule has 1 N–H and O–H groups in total. The summed E-state index contributed by atoms with van der Waals surface area (Å²) < 4.78 is 5.29. The van der Waals surface area contributed by atoms with Crippen molar-refractivity contribution in [2.75, 3.05) is 18.2 Å². The number of hydrogen-bond donors (Lipinski definition) is 1. The van der Waals surface area contributed by atoms with E-state index >= 15 is 0 Å². The molecule has 134 valence electrons.